The Kier molecular flexibility index (Phi) is 12.4. The van der Waals surface area contributed by atoms with Crippen molar-refractivity contribution >= 4 is 0 Å². The molecular formula is C33H48F2N2O3. The van der Waals surface area contributed by atoms with Gasteiger partial charge in [0.1, 0.15) is 5.82 Å². The molecule has 1 aromatic carbocycles. The predicted molar refractivity (Wildman–Crippen MR) is 154 cm³/mol. The standard InChI is InChI=1S/C33H48F2N2O3/c1-3-5-8-16-38-17-10-19-39-28-22-36-33(37-23-28)27-15-14-26-21-30(32(35)31(34)29(26)20-27)40-18-9-6-7-11-24(4-2)25-12-13-25/h21-25,27H,3-20H2,1-2H3. The van der Waals surface area contributed by atoms with Crippen LogP contribution in [-0.2, 0) is 17.6 Å². The zero-order valence-electron chi connectivity index (χ0n) is 24.6. The molecule has 1 aromatic heterocycles. The summed E-state index contributed by atoms with van der Waals surface area (Å²) in [6.45, 7) is 6.91. The number of halogens is 2. The fourth-order valence-corrected chi connectivity index (χ4v) is 5.86. The van der Waals surface area contributed by atoms with Crippen LogP contribution in [0.1, 0.15) is 114 Å². The lowest BCUT2D eigenvalue weighted by molar-refractivity contribution is 0.116. The monoisotopic (exact) mass is 558 g/mol. The lowest BCUT2D eigenvalue weighted by Crippen LogP contribution is -2.18. The molecule has 0 amide bonds. The highest BCUT2D eigenvalue weighted by atomic mass is 19.2. The van der Waals surface area contributed by atoms with Crippen molar-refractivity contribution in [3.8, 4) is 11.5 Å². The lowest BCUT2D eigenvalue weighted by atomic mass is 9.83. The Morgan fingerprint density at radius 3 is 2.35 bits per heavy atom. The van der Waals surface area contributed by atoms with E-state index in [1.54, 1.807) is 18.5 Å². The van der Waals surface area contributed by atoms with E-state index in [9.17, 15) is 4.39 Å². The topological polar surface area (TPSA) is 53.5 Å². The first-order chi connectivity index (χ1) is 19.6. The van der Waals surface area contributed by atoms with Crippen molar-refractivity contribution in [3.05, 3.63) is 47.0 Å². The molecule has 7 heteroatoms. The van der Waals surface area contributed by atoms with E-state index >= 15 is 4.39 Å². The van der Waals surface area contributed by atoms with Crippen LogP contribution in [0, 0.1) is 23.5 Å². The Morgan fingerprint density at radius 2 is 1.60 bits per heavy atom. The molecule has 0 bridgehead atoms. The van der Waals surface area contributed by atoms with Crippen molar-refractivity contribution in [1.29, 1.82) is 0 Å². The number of hydrogen-bond donors (Lipinski definition) is 0. The van der Waals surface area contributed by atoms with E-state index in [0.717, 1.165) is 56.1 Å². The Bertz CT molecular complexity index is 1030. The van der Waals surface area contributed by atoms with Crippen LogP contribution < -0.4 is 9.47 Å². The van der Waals surface area contributed by atoms with Crippen molar-refractivity contribution in [2.24, 2.45) is 11.8 Å². The van der Waals surface area contributed by atoms with Crippen LogP contribution in [0.15, 0.2) is 18.5 Å². The maximum Gasteiger partial charge on any atom is 0.200 e. The molecule has 0 N–H and O–H groups in total. The van der Waals surface area contributed by atoms with Gasteiger partial charge in [-0.05, 0) is 74.0 Å². The molecule has 0 saturated heterocycles. The Labute approximate surface area is 239 Å². The predicted octanol–water partition coefficient (Wildman–Crippen LogP) is 8.38. The smallest absolute Gasteiger partial charge is 0.200 e. The summed E-state index contributed by atoms with van der Waals surface area (Å²) in [5.41, 5.74) is 1.26. The maximum absolute atomic E-state index is 15.1. The van der Waals surface area contributed by atoms with Crippen molar-refractivity contribution in [2.45, 2.75) is 110 Å². The zero-order valence-corrected chi connectivity index (χ0v) is 24.6. The molecule has 4 rings (SSSR count). The number of unbranched alkanes of at least 4 members (excludes halogenated alkanes) is 4. The van der Waals surface area contributed by atoms with Crippen LogP contribution in [-0.4, -0.2) is 36.4 Å². The maximum atomic E-state index is 15.1. The first-order valence-corrected chi connectivity index (χ1v) is 15.8. The number of nitrogens with zero attached hydrogens (tertiary/aromatic N) is 2. The van der Waals surface area contributed by atoms with E-state index in [2.05, 4.69) is 23.8 Å². The van der Waals surface area contributed by atoms with Crippen LogP contribution in [0.5, 0.6) is 11.5 Å². The van der Waals surface area contributed by atoms with Gasteiger partial charge in [-0.25, -0.2) is 14.4 Å². The molecule has 0 radical (unpaired) electrons. The van der Waals surface area contributed by atoms with Gasteiger partial charge >= 0.3 is 0 Å². The van der Waals surface area contributed by atoms with Crippen LogP contribution in [0.2, 0.25) is 0 Å². The minimum atomic E-state index is -0.877. The second kappa shape index (κ2) is 16.2. The molecular weight excluding hydrogens is 510 g/mol. The van der Waals surface area contributed by atoms with Gasteiger partial charge in [0.2, 0.25) is 5.82 Å². The quantitative estimate of drug-likeness (QED) is 0.162. The molecule has 0 spiro atoms. The van der Waals surface area contributed by atoms with Gasteiger partial charge < -0.3 is 14.2 Å². The number of benzene rings is 1. The molecule has 1 heterocycles. The minimum Gasteiger partial charge on any atom is -0.490 e. The van der Waals surface area contributed by atoms with Gasteiger partial charge in [0, 0.05) is 25.6 Å². The van der Waals surface area contributed by atoms with Crippen molar-refractivity contribution < 1.29 is 23.0 Å². The van der Waals surface area contributed by atoms with Crippen molar-refractivity contribution in [3.63, 3.8) is 0 Å². The van der Waals surface area contributed by atoms with Gasteiger partial charge in [0.05, 0.1) is 25.6 Å². The molecule has 40 heavy (non-hydrogen) atoms. The van der Waals surface area contributed by atoms with Crippen molar-refractivity contribution in [2.75, 3.05) is 26.4 Å². The number of hydrogen-bond acceptors (Lipinski definition) is 5. The number of fused-ring (bicyclic) bond motifs is 1. The number of aryl methyl sites for hydroxylation is 1. The third kappa shape index (κ3) is 9.12. The third-order valence-electron chi connectivity index (χ3n) is 8.48. The molecule has 0 aliphatic heterocycles. The van der Waals surface area contributed by atoms with Crippen LogP contribution in [0.4, 0.5) is 8.78 Å². The SMILES string of the molecule is CCCCCOCCCOc1cnc(C2CCc3cc(OCCCCCC(CC)C4CC4)c(F)c(F)c3C2)nc1. The Hall–Kier alpha value is -2.28. The molecule has 2 aliphatic rings. The number of rotatable bonds is 19. The first kappa shape index (κ1) is 30.7. The minimum absolute atomic E-state index is 0.0447. The molecule has 2 unspecified atom stereocenters. The largest absolute Gasteiger partial charge is 0.490 e. The normalized spacial score (nSPS) is 17.4. The third-order valence-corrected chi connectivity index (χ3v) is 8.48. The van der Waals surface area contributed by atoms with E-state index in [1.807, 2.05) is 0 Å². The summed E-state index contributed by atoms with van der Waals surface area (Å²) >= 11 is 0. The second-order valence-corrected chi connectivity index (χ2v) is 11.6. The molecule has 2 aliphatic carbocycles. The summed E-state index contributed by atoms with van der Waals surface area (Å²) in [6.07, 6.45) is 17.9. The molecule has 222 valence electrons. The van der Waals surface area contributed by atoms with Crippen molar-refractivity contribution in [1.82, 2.24) is 9.97 Å². The Morgan fingerprint density at radius 1 is 0.850 bits per heavy atom. The fraction of sp³-hybridized carbons (Fsp3) is 0.697. The van der Waals surface area contributed by atoms with E-state index in [1.165, 1.54) is 44.9 Å². The van der Waals surface area contributed by atoms with Gasteiger partial charge in [-0.15, -0.1) is 0 Å². The van der Waals surface area contributed by atoms with Gasteiger partial charge in [0.25, 0.3) is 0 Å². The number of ether oxygens (including phenoxy) is 3. The van der Waals surface area contributed by atoms with E-state index in [0.29, 0.717) is 49.8 Å². The van der Waals surface area contributed by atoms with Gasteiger partial charge in [-0.3, -0.25) is 0 Å². The van der Waals surface area contributed by atoms with Gasteiger partial charge in [-0.2, -0.15) is 4.39 Å². The molecule has 1 saturated carbocycles. The van der Waals surface area contributed by atoms with Crippen LogP contribution >= 0.6 is 0 Å². The highest BCUT2D eigenvalue weighted by Crippen LogP contribution is 2.41. The zero-order chi connectivity index (χ0) is 28.2. The summed E-state index contributed by atoms with van der Waals surface area (Å²) < 4.78 is 47.0. The van der Waals surface area contributed by atoms with E-state index < -0.39 is 11.6 Å². The highest BCUT2D eigenvalue weighted by molar-refractivity contribution is 5.41. The first-order valence-electron chi connectivity index (χ1n) is 15.8. The average Bonchev–Trinajstić information content (AvgIpc) is 3.82. The molecule has 2 aromatic rings. The summed E-state index contributed by atoms with van der Waals surface area (Å²) in [6, 6.07) is 1.70. The average molecular weight is 559 g/mol. The number of aromatic nitrogens is 2. The van der Waals surface area contributed by atoms with E-state index in [4.69, 9.17) is 14.2 Å². The van der Waals surface area contributed by atoms with Gasteiger partial charge in [0.15, 0.2) is 17.3 Å². The fourth-order valence-electron chi connectivity index (χ4n) is 5.86. The highest BCUT2D eigenvalue weighted by Gasteiger charge is 2.30. The molecule has 2 atom stereocenters. The lowest BCUT2D eigenvalue weighted by Gasteiger charge is -2.25. The molecule has 1 fully saturated rings. The molecule has 5 nitrogen and oxygen atoms in total. The van der Waals surface area contributed by atoms with Crippen LogP contribution in [0.3, 0.4) is 0 Å². The summed E-state index contributed by atoms with van der Waals surface area (Å²) in [5, 5.41) is 0. The van der Waals surface area contributed by atoms with Crippen LogP contribution in [0.25, 0.3) is 0 Å². The summed E-state index contributed by atoms with van der Waals surface area (Å²) in [7, 11) is 0. The van der Waals surface area contributed by atoms with E-state index in [-0.39, 0.29) is 11.7 Å². The summed E-state index contributed by atoms with van der Waals surface area (Å²) in [5.74, 6) is 1.40. The Balaban J connectivity index is 1.20. The second-order valence-electron chi connectivity index (χ2n) is 11.6. The summed E-state index contributed by atoms with van der Waals surface area (Å²) in [4.78, 5) is 8.96. The van der Waals surface area contributed by atoms with Gasteiger partial charge in [-0.1, -0.05) is 52.4 Å².